The Morgan fingerprint density at radius 2 is 1.86 bits per heavy atom. The minimum Gasteiger partial charge on any atom is -0.358 e. The zero-order chi connectivity index (χ0) is 20.1. The molecule has 2 aliphatic rings. The summed E-state index contributed by atoms with van der Waals surface area (Å²) >= 11 is 0. The Balaban J connectivity index is 1.46. The van der Waals surface area contributed by atoms with Crippen LogP contribution in [0.1, 0.15) is 52.0 Å². The van der Waals surface area contributed by atoms with E-state index in [-0.39, 0.29) is 5.91 Å². The first-order chi connectivity index (χ1) is 14.0. The second kappa shape index (κ2) is 7.02. The van der Waals surface area contributed by atoms with Crippen LogP contribution in [0, 0.1) is 13.8 Å². The van der Waals surface area contributed by atoms with Crippen LogP contribution in [0.25, 0.3) is 10.9 Å². The van der Waals surface area contributed by atoms with Gasteiger partial charge in [-0.25, -0.2) is 4.98 Å². The molecule has 1 fully saturated rings. The largest absolute Gasteiger partial charge is 0.358 e. The number of piperidine rings is 1. The van der Waals surface area contributed by atoms with E-state index in [1.807, 2.05) is 36.1 Å². The highest BCUT2D eigenvalue weighted by atomic mass is 16.2. The number of carbonyl (C=O) groups is 1. The first-order valence-electron chi connectivity index (χ1n) is 10.6. The number of carbonyl (C=O) groups excluding carboxylic acids is 1. The molecular weight excluding hydrogens is 362 g/mol. The molecule has 1 aromatic carbocycles. The minimum atomic E-state index is 0.124. The molecule has 6 heteroatoms. The van der Waals surface area contributed by atoms with Crippen molar-refractivity contribution in [1.82, 2.24) is 24.3 Å². The summed E-state index contributed by atoms with van der Waals surface area (Å²) in [5.74, 6) is 1.72. The summed E-state index contributed by atoms with van der Waals surface area (Å²) in [4.78, 5) is 26.2. The molecule has 0 unspecified atom stereocenters. The van der Waals surface area contributed by atoms with Crippen LogP contribution in [0.5, 0.6) is 0 Å². The van der Waals surface area contributed by atoms with E-state index >= 15 is 0 Å². The van der Waals surface area contributed by atoms with E-state index in [0.717, 1.165) is 67.0 Å². The zero-order valence-corrected chi connectivity index (χ0v) is 17.5. The highest BCUT2D eigenvalue weighted by Gasteiger charge is 2.31. The number of likely N-dealkylation sites (tertiary alicyclic amines) is 1. The number of aryl methyl sites for hydroxylation is 2. The standard InChI is InChI=1S/C23H29N5O/c1-15-21(18-6-4-5-7-19(18)24-15)23(29)27-12-13-28-16(2)25-22(20(28)14-27)17-8-10-26(3)11-9-17/h4-7,17,24H,8-14H2,1-3H3. The molecule has 1 N–H and O–H groups in total. The Hall–Kier alpha value is -2.60. The van der Waals surface area contributed by atoms with Gasteiger partial charge in [-0.15, -0.1) is 0 Å². The topological polar surface area (TPSA) is 57.2 Å². The monoisotopic (exact) mass is 391 g/mol. The molecule has 0 spiro atoms. The Morgan fingerprint density at radius 1 is 1.10 bits per heavy atom. The lowest BCUT2D eigenvalue weighted by Crippen LogP contribution is -2.39. The SMILES string of the molecule is Cc1[nH]c2ccccc2c1C(=O)N1CCn2c(C)nc(C3CCN(C)CC3)c2C1. The molecule has 0 bridgehead atoms. The highest BCUT2D eigenvalue weighted by molar-refractivity contribution is 6.08. The quantitative estimate of drug-likeness (QED) is 0.728. The van der Waals surface area contributed by atoms with Crippen molar-refractivity contribution in [1.29, 1.82) is 0 Å². The molecular formula is C23H29N5O. The third kappa shape index (κ3) is 3.06. The van der Waals surface area contributed by atoms with Crippen molar-refractivity contribution in [2.45, 2.75) is 45.7 Å². The van der Waals surface area contributed by atoms with Gasteiger partial charge in [0.1, 0.15) is 5.82 Å². The molecule has 2 aromatic heterocycles. The third-order valence-electron chi connectivity index (χ3n) is 6.73. The van der Waals surface area contributed by atoms with Crippen molar-refractivity contribution in [3.8, 4) is 0 Å². The summed E-state index contributed by atoms with van der Waals surface area (Å²) in [6, 6.07) is 8.07. The molecule has 0 radical (unpaired) electrons. The van der Waals surface area contributed by atoms with Crippen molar-refractivity contribution >= 4 is 16.8 Å². The van der Waals surface area contributed by atoms with Crippen molar-refractivity contribution in [2.24, 2.45) is 0 Å². The Kier molecular flexibility index (Phi) is 4.46. The predicted octanol–water partition coefficient (Wildman–Crippen LogP) is 3.45. The number of nitrogens with one attached hydrogen (secondary N) is 1. The molecule has 152 valence electrons. The fourth-order valence-electron chi connectivity index (χ4n) is 5.07. The van der Waals surface area contributed by atoms with Gasteiger partial charge >= 0.3 is 0 Å². The Labute approximate surface area is 171 Å². The van der Waals surface area contributed by atoms with Crippen LogP contribution in [-0.4, -0.2) is 56.9 Å². The highest BCUT2D eigenvalue weighted by Crippen LogP contribution is 2.33. The predicted molar refractivity (Wildman–Crippen MR) is 114 cm³/mol. The van der Waals surface area contributed by atoms with Gasteiger partial charge in [0.25, 0.3) is 5.91 Å². The van der Waals surface area contributed by atoms with E-state index in [1.165, 1.54) is 11.4 Å². The molecule has 6 nitrogen and oxygen atoms in total. The maximum Gasteiger partial charge on any atom is 0.256 e. The van der Waals surface area contributed by atoms with Crippen LogP contribution in [-0.2, 0) is 13.1 Å². The number of imidazole rings is 1. The maximum absolute atomic E-state index is 13.5. The number of nitrogens with zero attached hydrogens (tertiary/aromatic N) is 4. The number of H-pyrrole nitrogens is 1. The lowest BCUT2D eigenvalue weighted by atomic mass is 9.92. The average molecular weight is 392 g/mol. The summed E-state index contributed by atoms with van der Waals surface area (Å²) in [5, 5.41) is 1.01. The number of rotatable bonds is 2. The molecule has 1 saturated heterocycles. The lowest BCUT2D eigenvalue weighted by molar-refractivity contribution is 0.0710. The van der Waals surface area contributed by atoms with Gasteiger partial charge in [-0.3, -0.25) is 4.79 Å². The fourth-order valence-corrected chi connectivity index (χ4v) is 5.07. The van der Waals surface area contributed by atoms with E-state index in [2.05, 4.69) is 28.4 Å². The van der Waals surface area contributed by atoms with Crippen molar-refractivity contribution in [3.05, 3.63) is 52.7 Å². The van der Waals surface area contributed by atoms with Crippen molar-refractivity contribution in [3.63, 3.8) is 0 Å². The van der Waals surface area contributed by atoms with E-state index in [9.17, 15) is 4.79 Å². The lowest BCUT2D eigenvalue weighted by Gasteiger charge is -2.32. The van der Waals surface area contributed by atoms with Gasteiger partial charge in [-0.05, 0) is 52.9 Å². The molecule has 4 heterocycles. The van der Waals surface area contributed by atoms with E-state index in [0.29, 0.717) is 12.5 Å². The summed E-state index contributed by atoms with van der Waals surface area (Å²) in [6.07, 6.45) is 2.30. The van der Waals surface area contributed by atoms with Crippen LogP contribution in [0.2, 0.25) is 0 Å². The van der Waals surface area contributed by atoms with Gasteiger partial charge in [-0.1, -0.05) is 18.2 Å². The van der Waals surface area contributed by atoms with E-state index in [1.54, 1.807) is 0 Å². The second-order valence-electron chi connectivity index (χ2n) is 8.62. The third-order valence-corrected chi connectivity index (χ3v) is 6.73. The minimum absolute atomic E-state index is 0.124. The number of aromatic nitrogens is 3. The molecule has 5 rings (SSSR count). The number of para-hydroxylation sites is 1. The van der Waals surface area contributed by atoms with Gasteiger partial charge in [0, 0.05) is 35.6 Å². The smallest absolute Gasteiger partial charge is 0.256 e. The number of benzene rings is 1. The molecule has 29 heavy (non-hydrogen) atoms. The van der Waals surface area contributed by atoms with Crippen LogP contribution in [0.4, 0.5) is 0 Å². The summed E-state index contributed by atoms with van der Waals surface area (Å²) < 4.78 is 2.33. The van der Waals surface area contributed by atoms with Crippen molar-refractivity contribution in [2.75, 3.05) is 26.7 Å². The first-order valence-corrected chi connectivity index (χ1v) is 10.6. The summed E-state index contributed by atoms with van der Waals surface area (Å²) in [7, 11) is 2.19. The molecule has 2 aliphatic heterocycles. The molecule has 3 aromatic rings. The van der Waals surface area contributed by atoms with Gasteiger partial charge in [0.2, 0.25) is 0 Å². The summed E-state index contributed by atoms with van der Waals surface area (Å²) in [6.45, 7) is 8.54. The first kappa shape index (κ1) is 18.4. The van der Waals surface area contributed by atoms with Crippen molar-refractivity contribution < 1.29 is 4.79 Å². The number of amides is 1. The summed E-state index contributed by atoms with van der Waals surface area (Å²) in [5.41, 5.74) is 5.25. The number of aromatic amines is 1. The van der Waals surface area contributed by atoms with Crippen LogP contribution < -0.4 is 0 Å². The normalized spacial score (nSPS) is 18.4. The number of hydrogen-bond acceptors (Lipinski definition) is 3. The van der Waals surface area contributed by atoms with E-state index < -0.39 is 0 Å². The fraction of sp³-hybridized carbons (Fsp3) is 0.478. The van der Waals surface area contributed by atoms with Crippen LogP contribution >= 0.6 is 0 Å². The zero-order valence-electron chi connectivity index (χ0n) is 17.5. The Bertz CT molecular complexity index is 1070. The molecule has 0 aliphatic carbocycles. The van der Waals surface area contributed by atoms with Gasteiger partial charge in [0.15, 0.2) is 0 Å². The van der Waals surface area contributed by atoms with Gasteiger partial charge < -0.3 is 19.4 Å². The number of hydrogen-bond donors (Lipinski definition) is 1. The van der Waals surface area contributed by atoms with Crippen LogP contribution in [0.15, 0.2) is 24.3 Å². The van der Waals surface area contributed by atoms with Crippen LogP contribution in [0.3, 0.4) is 0 Å². The Morgan fingerprint density at radius 3 is 2.66 bits per heavy atom. The van der Waals surface area contributed by atoms with Gasteiger partial charge in [0.05, 0.1) is 23.5 Å². The average Bonchev–Trinajstić information content (AvgIpc) is 3.24. The maximum atomic E-state index is 13.5. The van der Waals surface area contributed by atoms with E-state index in [4.69, 9.17) is 4.98 Å². The van der Waals surface area contributed by atoms with Gasteiger partial charge in [-0.2, -0.15) is 0 Å². The molecule has 1 amide bonds. The number of fused-ring (bicyclic) bond motifs is 2. The second-order valence-corrected chi connectivity index (χ2v) is 8.62. The molecule has 0 atom stereocenters. The molecule has 0 saturated carbocycles.